The van der Waals surface area contributed by atoms with Gasteiger partial charge in [0.2, 0.25) is 0 Å². The van der Waals surface area contributed by atoms with Crippen molar-refractivity contribution in [1.29, 1.82) is 5.26 Å². The van der Waals surface area contributed by atoms with Crippen molar-refractivity contribution >= 4 is 21.6 Å². The van der Waals surface area contributed by atoms with Gasteiger partial charge in [-0.2, -0.15) is 10.4 Å². The summed E-state index contributed by atoms with van der Waals surface area (Å²) in [4.78, 5) is 4.44. The molecule has 0 bridgehead atoms. The summed E-state index contributed by atoms with van der Waals surface area (Å²) < 4.78 is 2.72. The lowest BCUT2D eigenvalue weighted by molar-refractivity contribution is 0.889. The number of halogens is 1. The van der Waals surface area contributed by atoms with E-state index in [0.717, 1.165) is 21.4 Å². The van der Waals surface area contributed by atoms with E-state index >= 15 is 0 Å². The fourth-order valence-electron chi connectivity index (χ4n) is 2.23. The van der Waals surface area contributed by atoms with Crippen LogP contribution in [-0.4, -0.2) is 14.6 Å². The molecule has 0 fully saturated rings. The molecular formula is C15H11BrN4. The summed E-state index contributed by atoms with van der Waals surface area (Å²) in [6, 6.07) is 11.9. The van der Waals surface area contributed by atoms with Crippen molar-refractivity contribution < 1.29 is 0 Å². The maximum atomic E-state index is 9.45. The minimum atomic E-state index is 0.513. The van der Waals surface area contributed by atoms with Crippen LogP contribution in [0.1, 0.15) is 17.0 Å². The van der Waals surface area contributed by atoms with Crippen LogP contribution in [0.2, 0.25) is 0 Å². The Morgan fingerprint density at radius 3 is 2.55 bits per heavy atom. The number of nitriles is 1. The average Bonchev–Trinajstić information content (AvgIpc) is 2.78. The minimum Gasteiger partial charge on any atom is -0.233 e. The summed E-state index contributed by atoms with van der Waals surface area (Å²) in [5, 5.41) is 14.0. The highest BCUT2D eigenvalue weighted by atomic mass is 79.9. The minimum absolute atomic E-state index is 0.513. The smallest absolute Gasteiger partial charge is 0.174 e. The van der Waals surface area contributed by atoms with E-state index in [0.29, 0.717) is 16.9 Å². The Bertz CT molecular complexity index is 841. The third kappa shape index (κ3) is 1.98. The largest absolute Gasteiger partial charge is 0.233 e. The van der Waals surface area contributed by atoms with Crippen molar-refractivity contribution in [2.75, 3.05) is 0 Å². The number of hydrogen-bond acceptors (Lipinski definition) is 3. The summed E-state index contributed by atoms with van der Waals surface area (Å²) in [6.45, 7) is 3.88. The Morgan fingerprint density at radius 1 is 1.20 bits per heavy atom. The summed E-state index contributed by atoms with van der Waals surface area (Å²) in [6.07, 6.45) is 0. The second kappa shape index (κ2) is 4.73. The van der Waals surface area contributed by atoms with Gasteiger partial charge in [-0.3, -0.25) is 0 Å². The number of fused-ring (bicyclic) bond motifs is 1. The molecule has 20 heavy (non-hydrogen) atoms. The first-order chi connectivity index (χ1) is 9.60. The van der Waals surface area contributed by atoms with Crippen molar-refractivity contribution in [2.24, 2.45) is 0 Å². The molecule has 3 rings (SSSR count). The average molecular weight is 327 g/mol. The van der Waals surface area contributed by atoms with E-state index in [1.54, 1.807) is 4.52 Å². The number of nitrogens with zero attached hydrogens (tertiary/aromatic N) is 4. The van der Waals surface area contributed by atoms with Crippen LogP contribution < -0.4 is 0 Å². The molecule has 0 aliphatic heterocycles. The van der Waals surface area contributed by atoms with Gasteiger partial charge in [0.15, 0.2) is 5.65 Å². The first-order valence-corrected chi connectivity index (χ1v) is 6.92. The van der Waals surface area contributed by atoms with Crippen molar-refractivity contribution in [3.05, 3.63) is 51.8 Å². The van der Waals surface area contributed by atoms with E-state index in [-0.39, 0.29) is 0 Å². The number of aromatic nitrogens is 3. The van der Waals surface area contributed by atoms with Crippen LogP contribution in [0.4, 0.5) is 0 Å². The zero-order valence-corrected chi connectivity index (χ0v) is 12.6. The van der Waals surface area contributed by atoms with Gasteiger partial charge in [-0.05, 0) is 32.0 Å². The monoisotopic (exact) mass is 326 g/mol. The Kier molecular flexibility index (Phi) is 3.03. The lowest BCUT2D eigenvalue weighted by Gasteiger charge is -1.99. The summed E-state index contributed by atoms with van der Waals surface area (Å²) >= 11 is 3.41. The molecule has 0 saturated heterocycles. The van der Waals surface area contributed by atoms with Gasteiger partial charge in [-0.15, -0.1) is 0 Å². The molecule has 0 saturated carbocycles. The number of rotatable bonds is 1. The summed E-state index contributed by atoms with van der Waals surface area (Å²) in [5.74, 6) is 0. The van der Waals surface area contributed by atoms with E-state index in [9.17, 15) is 5.26 Å². The molecule has 0 aliphatic rings. The van der Waals surface area contributed by atoms with Crippen molar-refractivity contribution in [3.63, 3.8) is 0 Å². The molecule has 0 atom stereocenters. The molecule has 1 aromatic carbocycles. The lowest BCUT2D eigenvalue weighted by atomic mass is 10.1. The van der Waals surface area contributed by atoms with E-state index in [1.165, 1.54) is 0 Å². The van der Waals surface area contributed by atoms with Crippen LogP contribution in [0.15, 0.2) is 34.8 Å². The topological polar surface area (TPSA) is 54.0 Å². The maximum absolute atomic E-state index is 9.45. The van der Waals surface area contributed by atoms with Gasteiger partial charge in [-0.25, -0.2) is 9.50 Å². The highest BCUT2D eigenvalue weighted by Gasteiger charge is 2.16. The predicted octanol–water partition coefficient (Wildman–Crippen LogP) is 3.65. The van der Waals surface area contributed by atoms with Crippen LogP contribution in [0.3, 0.4) is 0 Å². The second-order valence-electron chi connectivity index (χ2n) is 4.62. The van der Waals surface area contributed by atoms with Crippen LogP contribution in [-0.2, 0) is 0 Å². The molecule has 0 radical (unpaired) electrons. The van der Waals surface area contributed by atoms with E-state index < -0.39 is 0 Å². The number of aryl methyl sites for hydroxylation is 2. The van der Waals surface area contributed by atoms with Crippen LogP contribution >= 0.6 is 15.9 Å². The van der Waals surface area contributed by atoms with Gasteiger partial charge >= 0.3 is 0 Å². The Balaban J connectivity index is 2.34. The molecule has 0 unspecified atom stereocenters. The zero-order chi connectivity index (χ0) is 14.3. The number of hydrogen-bond donors (Lipinski definition) is 0. The molecular weight excluding hydrogens is 316 g/mol. The van der Waals surface area contributed by atoms with E-state index in [4.69, 9.17) is 0 Å². The normalized spacial score (nSPS) is 10.7. The van der Waals surface area contributed by atoms with E-state index in [2.05, 4.69) is 32.1 Å². The summed E-state index contributed by atoms with van der Waals surface area (Å²) in [5.41, 5.74) is 4.55. The maximum Gasteiger partial charge on any atom is 0.174 e. The van der Waals surface area contributed by atoms with Crippen molar-refractivity contribution in [2.45, 2.75) is 13.8 Å². The van der Waals surface area contributed by atoms with Crippen LogP contribution in [0.25, 0.3) is 16.9 Å². The Labute approximate surface area is 124 Å². The molecule has 2 heterocycles. The van der Waals surface area contributed by atoms with Crippen molar-refractivity contribution in [1.82, 2.24) is 14.6 Å². The lowest BCUT2D eigenvalue weighted by Crippen LogP contribution is -1.97. The van der Waals surface area contributed by atoms with Gasteiger partial charge in [-0.1, -0.05) is 28.1 Å². The Morgan fingerprint density at radius 2 is 1.90 bits per heavy atom. The molecule has 0 N–H and O–H groups in total. The molecule has 0 aliphatic carbocycles. The highest BCUT2D eigenvalue weighted by Crippen LogP contribution is 2.26. The van der Waals surface area contributed by atoms with Crippen LogP contribution in [0, 0.1) is 25.2 Å². The first-order valence-electron chi connectivity index (χ1n) is 6.13. The molecule has 0 amide bonds. The zero-order valence-electron chi connectivity index (χ0n) is 11.1. The van der Waals surface area contributed by atoms with Crippen LogP contribution in [0.5, 0.6) is 0 Å². The van der Waals surface area contributed by atoms with E-state index in [1.807, 2.05) is 44.2 Å². The molecule has 98 valence electrons. The summed E-state index contributed by atoms with van der Waals surface area (Å²) in [7, 11) is 0. The fraction of sp³-hybridized carbons (Fsp3) is 0.133. The third-order valence-electron chi connectivity index (χ3n) is 3.12. The predicted molar refractivity (Wildman–Crippen MR) is 80.3 cm³/mol. The van der Waals surface area contributed by atoms with Gasteiger partial charge < -0.3 is 0 Å². The Hall–Kier alpha value is -2.19. The highest BCUT2D eigenvalue weighted by molar-refractivity contribution is 9.10. The van der Waals surface area contributed by atoms with Gasteiger partial charge in [0.1, 0.15) is 17.3 Å². The van der Waals surface area contributed by atoms with Gasteiger partial charge in [0, 0.05) is 21.4 Å². The quantitative estimate of drug-likeness (QED) is 0.685. The molecule has 5 heteroatoms. The first kappa shape index (κ1) is 12.8. The third-order valence-corrected chi connectivity index (χ3v) is 3.65. The van der Waals surface area contributed by atoms with Crippen molar-refractivity contribution in [3.8, 4) is 17.3 Å². The SMILES string of the molecule is Cc1cc(C)n2nc(-c3ccc(Br)cc3)c(C#N)c2n1. The number of benzene rings is 1. The fourth-order valence-corrected chi connectivity index (χ4v) is 2.50. The second-order valence-corrected chi connectivity index (χ2v) is 5.53. The molecule has 3 aromatic rings. The molecule has 2 aromatic heterocycles. The molecule has 0 spiro atoms. The van der Waals surface area contributed by atoms with Gasteiger partial charge in [0.25, 0.3) is 0 Å². The van der Waals surface area contributed by atoms with Gasteiger partial charge in [0.05, 0.1) is 0 Å². The standard InChI is InChI=1S/C15H11BrN4/c1-9-7-10(2)20-15(18-9)13(8-17)14(19-20)11-3-5-12(16)6-4-11/h3-7H,1-2H3. The molecule has 4 nitrogen and oxygen atoms in total.